The van der Waals surface area contributed by atoms with Crippen LogP contribution in [0.25, 0.3) is 0 Å². The van der Waals surface area contributed by atoms with Crippen molar-refractivity contribution in [1.29, 1.82) is 0 Å². The van der Waals surface area contributed by atoms with E-state index >= 15 is 8.78 Å². The van der Waals surface area contributed by atoms with Crippen LogP contribution in [-0.2, 0) is 17.4 Å². The molecule has 7 nitrogen and oxygen atoms in total. The molecule has 1 aromatic heterocycles. The van der Waals surface area contributed by atoms with Gasteiger partial charge in [-0.15, -0.1) is 0 Å². The van der Waals surface area contributed by atoms with Crippen molar-refractivity contribution in [2.24, 2.45) is 18.2 Å². The Morgan fingerprint density at radius 3 is 2.58 bits per heavy atom. The van der Waals surface area contributed by atoms with Crippen LogP contribution in [0.15, 0.2) is 59.5 Å². The quantitative estimate of drug-likeness (QED) is 0.303. The molecule has 1 saturated heterocycles. The van der Waals surface area contributed by atoms with Crippen LogP contribution in [0.1, 0.15) is 43.7 Å². The number of nitrogens with one attached hydrogen (secondary N) is 2. The van der Waals surface area contributed by atoms with Gasteiger partial charge in [-0.25, -0.2) is 8.78 Å². The third-order valence-corrected chi connectivity index (χ3v) is 8.25. The standard InChI is InChI=1S/C29H32Cl2F2N4O3/c1-28(2,10-12-38)15-22-29(34,19-8-7-16(30)13-21(19)32)24(18-5-4-6-20(31)25(18)33)26(36-22)27(40)35-17-9-11-37(3)23(39)14-17/h4-9,11,13-14,22,24,26,36,38H,10,12,15,34H2,1-3H3,(H,35,40)/t22-,24-,26+,29+/m0/s1. The van der Waals surface area contributed by atoms with Crippen LogP contribution in [0.3, 0.4) is 0 Å². The highest BCUT2D eigenvalue weighted by atomic mass is 35.5. The lowest BCUT2D eigenvalue weighted by molar-refractivity contribution is -0.118. The lowest BCUT2D eigenvalue weighted by Crippen LogP contribution is -2.52. The van der Waals surface area contributed by atoms with Gasteiger partial charge < -0.3 is 26.0 Å². The van der Waals surface area contributed by atoms with Crippen molar-refractivity contribution < 1.29 is 18.7 Å². The van der Waals surface area contributed by atoms with Crippen LogP contribution in [0, 0.1) is 17.0 Å². The molecule has 0 radical (unpaired) electrons. The van der Waals surface area contributed by atoms with Crippen LogP contribution in [0.5, 0.6) is 0 Å². The number of carbonyl (C=O) groups is 1. The van der Waals surface area contributed by atoms with Gasteiger partial charge in [0.1, 0.15) is 11.6 Å². The number of aliphatic hydroxyl groups is 1. The summed E-state index contributed by atoms with van der Waals surface area (Å²) in [5.74, 6) is -3.21. The monoisotopic (exact) mass is 592 g/mol. The summed E-state index contributed by atoms with van der Waals surface area (Å²) >= 11 is 12.2. The molecular weight excluding hydrogens is 561 g/mol. The average molecular weight is 594 g/mol. The van der Waals surface area contributed by atoms with Gasteiger partial charge >= 0.3 is 0 Å². The molecule has 0 unspecified atom stereocenters. The number of nitrogens with two attached hydrogens (primary N) is 1. The predicted octanol–water partition coefficient (Wildman–Crippen LogP) is 4.69. The van der Waals surface area contributed by atoms with E-state index in [0.29, 0.717) is 12.8 Å². The second kappa shape index (κ2) is 11.6. The van der Waals surface area contributed by atoms with Crippen molar-refractivity contribution in [2.75, 3.05) is 11.9 Å². The second-order valence-corrected chi connectivity index (χ2v) is 11.9. The predicted molar refractivity (Wildman–Crippen MR) is 153 cm³/mol. The number of aliphatic hydroxyl groups excluding tert-OH is 1. The van der Waals surface area contributed by atoms with Gasteiger partial charge in [-0.2, -0.15) is 0 Å². The summed E-state index contributed by atoms with van der Waals surface area (Å²) in [7, 11) is 1.58. The molecule has 214 valence electrons. The highest BCUT2D eigenvalue weighted by Gasteiger charge is 2.58. The molecule has 0 aliphatic carbocycles. The van der Waals surface area contributed by atoms with E-state index in [0.717, 1.165) is 6.07 Å². The molecule has 4 atom stereocenters. The summed E-state index contributed by atoms with van der Waals surface area (Å²) in [5, 5.41) is 15.6. The number of hydrogen-bond acceptors (Lipinski definition) is 5. The zero-order chi connectivity index (χ0) is 29.4. The van der Waals surface area contributed by atoms with Gasteiger partial charge in [0, 0.05) is 54.2 Å². The SMILES string of the molecule is Cn1ccc(NC(=O)[C@@H]2N[C@@H](CC(C)(C)CCO)[C@](N)(c3ccc(Cl)cc3F)[C@H]2c2cccc(Cl)c2F)cc1=O. The molecule has 40 heavy (non-hydrogen) atoms. The fourth-order valence-corrected chi connectivity index (χ4v) is 5.94. The Balaban J connectivity index is 1.91. The zero-order valence-electron chi connectivity index (χ0n) is 22.3. The molecule has 1 aliphatic heterocycles. The largest absolute Gasteiger partial charge is 0.396 e. The van der Waals surface area contributed by atoms with Gasteiger partial charge in [-0.1, -0.05) is 55.2 Å². The first-order valence-corrected chi connectivity index (χ1v) is 13.6. The van der Waals surface area contributed by atoms with E-state index in [1.807, 2.05) is 13.8 Å². The van der Waals surface area contributed by atoms with Gasteiger partial charge in [0.15, 0.2) is 0 Å². The fraction of sp³-hybridized carbons (Fsp3) is 0.379. The minimum absolute atomic E-state index is 0.0310. The maximum Gasteiger partial charge on any atom is 0.252 e. The van der Waals surface area contributed by atoms with Crippen LogP contribution in [0.2, 0.25) is 10.0 Å². The molecular formula is C29H32Cl2F2N4O3. The molecule has 2 aromatic carbocycles. The number of hydrogen-bond donors (Lipinski definition) is 4. The molecule has 2 heterocycles. The topological polar surface area (TPSA) is 109 Å². The second-order valence-electron chi connectivity index (χ2n) is 11.1. The first kappa shape index (κ1) is 30.1. The summed E-state index contributed by atoms with van der Waals surface area (Å²) in [6.45, 7) is 3.75. The Morgan fingerprint density at radius 1 is 1.20 bits per heavy atom. The fourth-order valence-electron chi connectivity index (χ4n) is 5.60. The lowest BCUT2D eigenvalue weighted by atomic mass is 9.67. The zero-order valence-corrected chi connectivity index (χ0v) is 23.9. The number of carbonyl (C=O) groups excluding carboxylic acids is 1. The number of amides is 1. The number of benzene rings is 2. The Labute approximate surface area is 241 Å². The smallest absolute Gasteiger partial charge is 0.252 e. The summed E-state index contributed by atoms with van der Waals surface area (Å²) in [5.41, 5.74) is 5.01. The maximum atomic E-state index is 15.7. The van der Waals surface area contributed by atoms with E-state index in [9.17, 15) is 14.7 Å². The molecule has 3 aromatic rings. The first-order valence-electron chi connectivity index (χ1n) is 12.8. The Bertz CT molecular complexity index is 1480. The number of pyridine rings is 1. The molecule has 1 aliphatic rings. The maximum absolute atomic E-state index is 15.7. The van der Waals surface area contributed by atoms with E-state index in [1.165, 1.54) is 47.2 Å². The molecule has 0 saturated carbocycles. The lowest BCUT2D eigenvalue weighted by Gasteiger charge is -2.40. The molecule has 0 spiro atoms. The highest BCUT2D eigenvalue weighted by molar-refractivity contribution is 6.31. The average Bonchev–Trinajstić information content (AvgIpc) is 3.15. The van der Waals surface area contributed by atoms with E-state index in [4.69, 9.17) is 28.9 Å². The van der Waals surface area contributed by atoms with E-state index in [1.54, 1.807) is 13.1 Å². The third kappa shape index (κ3) is 5.80. The van der Waals surface area contributed by atoms with Crippen molar-refractivity contribution in [1.82, 2.24) is 9.88 Å². The minimum Gasteiger partial charge on any atom is -0.396 e. The first-order chi connectivity index (χ1) is 18.8. The Hall–Kier alpha value is -2.82. The summed E-state index contributed by atoms with van der Waals surface area (Å²) < 4.78 is 32.7. The summed E-state index contributed by atoms with van der Waals surface area (Å²) in [4.78, 5) is 26.0. The van der Waals surface area contributed by atoms with Gasteiger partial charge in [-0.05, 0) is 48.1 Å². The van der Waals surface area contributed by atoms with Gasteiger partial charge in [0.25, 0.3) is 5.56 Å². The number of nitrogens with zero attached hydrogens (tertiary/aromatic N) is 1. The highest BCUT2D eigenvalue weighted by Crippen LogP contribution is 2.50. The summed E-state index contributed by atoms with van der Waals surface area (Å²) in [6.07, 6.45) is 2.22. The number of anilines is 1. The molecule has 0 bridgehead atoms. The van der Waals surface area contributed by atoms with Crippen molar-refractivity contribution in [3.05, 3.63) is 97.9 Å². The Morgan fingerprint density at radius 2 is 1.93 bits per heavy atom. The van der Waals surface area contributed by atoms with Crippen molar-refractivity contribution in [2.45, 2.75) is 50.2 Å². The number of rotatable bonds is 8. The number of aryl methyl sites for hydroxylation is 1. The molecule has 5 N–H and O–H groups in total. The van der Waals surface area contributed by atoms with Crippen molar-refractivity contribution >= 4 is 34.8 Å². The summed E-state index contributed by atoms with van der Waals surface area (Å²) in [6, 6.07) is 9.35. The normalized spacial score (nSPS) is 22.9. The number of halogens is 4. The van der Waals surface area contributed by atoms with Gasteiger partial charge in [0.05, 0.1) is 16.6 Å². The minimum atomic E-state index is -1.66. The van der Waals surface area contributed by atoms with E-state index in [-0.39, 0.29) is 39.0 Å². The van der Waals surface area contributed by atoms with Gasteiger partial charge in [-0.3, -0.25) is 9.59 Å². The number of aromatic nitrogens is 1. The van der Waals surface area contributed by atoms with Crippen LogP contribution in [0.4, 0.5) is 14.5 Å². The van der Waals surface area contributed by atoms with Crippen molar-refractivity contribution in [3.8, 4) is 0 Å². The molecule has 11 heteroatoms. The van der Waals surface area contributed by atoms with Crippen molar-refractivity contribution in [3.63, 3.8) is 0 Å². The molecule has 1 fully saturated rings. The van der Waals surface area contributed by atoms with Crippen LogP contribution in [-0.4, -0.2) is 34.3 Å². The van der Waals surface area contributed by atoms with Crippen LogP contribution >= 0.6 is 23.2 Å². The van der Waals surface area contributed by atoms with Crippen LogP contribution < -0.4 is 21.9 Å². The Kier molecular flexibility index (Phi) is 8.73. The van der Waals surface area contributed by atoms with Gasteiger partial charge in [0.2, 0.25) is 5.91 Å². The third-order valence-electron chi connectivity index (χ3n) is 7.72. The van der Waals surface area contributed by atoms with E-state index in [2.05, 4.69) is 10.6 Å². The van der Waals surface area contributed by atoms with E-state index < -0.39 is 46.5 Å². The molecule has 4 rings (SSSR count). The molecule has 1 amide bonds.